The number of benzene rings is 2. The van der Waals surface area contributed by atoms with Gasteiger partial charge in [-0.2, -0.15) is 13.2 Å². The van der Waals surface area contributed by atoms with Crippen LogP contribution in [0.15, 0.2) is 41.3 Å². The molecule has 3 rings (SSSR count). The molecule has 0 aromatic heterocycles. The second-order valence-corrected chi connectivity index (χ2v) is 9.11. The predicted octanol–water partition coefficient (Wildman–Crippen LogP) is 5.42. The number of hydrogen-bond donors (Lipinski definition) is 1. The molecular formula is C21H22F4N2O3S. The molecule has 0 amide bonds. The second kappa shape index (κ2) is 8.58. The molecule has 31 heavy (non-hydrogen) atoms. The number of carbonyl (C=O) groups is 1. The van der Waals surface area contributed by atoms with Crippen LogP contribution in [0.4, 0.5) is 28.9 Å². The van der Waals surface area contributed by atoms with Gasteiger partial charge in [0.15, 0.2) is 0 Å². The number of fused-ring (bicyclic) bond motifs is 1. The van der Waals surface area contributed by atoms with Gasteiger partial charge in [-0.15, -0.1) is 0 Å². The van der Waals surface area contributed by atoms with Gasteiger partial charge in [-0.3, -0.25) is 4.79 Å². The highest BCUT2D eigenvalue weighted by molar-refractivity contribution is 7.97. The molecule has 0 saturated carbocycles. The predicted molar refractivity (Wildman–Crippen MR) is 110 cm³/mol. The van der Waals surface area contributed by atoms with Crippen LogP contribution < -0.4 is 9.64 Å². The highest BCUT2D eigenvalue weighted by atomic mass is 32.2. The van der Waals surface area contributed by atoms with Crippen molar-refractivity contribution in [3.8, 4) is 5.75 Å². The average molecular weight is 458 g/mol. The Hall–Kier alpha value is -2.46. The summed E-state index contributed by atoms with van der Waals surface area (Å²) in [6, 6.07) is 7.84. The van der Waals surface area contributed by atoms with Gasteiger partial charge in [0.05, 0.1) is 21.6 Å². The number of carboxylic acid groups (broad SMARTS) is 1. The summed E-state index contributed by atoms with van der Waals surface area (Å²) in [5.74, 6) is -2.04. The molecule has 2 aromatic rings. The fourth-order valence-electron chi connectivity index (χ4n) is 2.96. The molecule has 5 nitrogen and oxygen atoms in total. The number of rotatable bonds is 5. The molecule has 1 aliphatic rings. The van der Waals surface area contributed by atoms with Crippen LogP contribution in [0.2, 0.25) is 0 Å². The van der Waals surface area contributed by atoms with Crippen molar-refractivity contribution in [2.24, 2.45) is 5.41 Å². The molecule has 0 atom stereocenters. The Balaban J connectivity index is 2.09. The maximum atomic E-state index is 13.9. The van der Waals surface area contributed by atoms with Gasteiger partial charge in [0.2, 0.25) is 0 Å². The summed E-state index contributed by atoms with van der Waals surface area (Å²) in [6.07, 6.45) is -4.71. The van der Waals surface area contributed by atoms with Crippen LogP contribution >= 0.6 is 11.9 Å². The van der Waals surface area contributed by atoms with Gasteiger partial charge in [-0.05, 0) is 69.2 Å². The summed E-state index contributed by atoms with van der Waals surface area (Å²) >= 11 is 1.26. The molecule has 0 spiro atoms. The van der Waals surface area contributed by atoms with Crippen molar-refractivity contribution in [2.75, 3.05) is 31.6 Å². The maximum Gasteiger partial charge on any atom is 0.420 e. The maximum absolute atomic E-state index is 13.9. The quantitative estimate of drug-likeness (QED) is 0.477. The van der Waals surface area contributed by atoms with Gasteiger partial charge < -0.3 is 14.7 Å². The number of likely N-dealkylation sites (N-methyl/N-ethyl adjacent to an activating group) is 1. The summed E-state index contributed by atoms with van der Waals surface area (Å²) < 4.78 is 62.3. The van der Waals surface area contributed by atoms with E-state index in [0.717, 1.165) is 6.07 Å². The number of halogens is 4. The van der Waals surface area contributed by atoms with Crippen LogP contribution in [0, 0.1) is 11.2 Å². The zero-order chi connectivity index (χ0) is 23.0. The van der Waals surface area contributed by atoms with Crippen molar-refractivity contribution < 1.29 is 32.2 Å². The first kappa shape index (κ1) is 23.2. The Morgan fingerprint density at radius 2 is 1.81 bits per heavy atom. The summed E-state index contributed by atoms with van der Waals surface area (Å²) in [4.78, 5) is 13.5. The van der Waals surface area contributed by atoms with Crippen LogP contribution in [0.25, 0.3) is 0 Å². The average Bonchev–Trinajstić information content (AvgIpc) is 2.83. The molecule has 0 unspecified atom stereocenters. The van der Waals surface area contributed by atoms with E-state index >= 15 is 0 Å². The molecule has 168 valence electrons. The lowest BCUT2D eigenvalue weighted by Gasteiger charge is -2.27. The Labute approximate surface area is 181 Å². The summed E-state index contributed by atoms with van der Waals surface area (Å²) in [5, 5.41) is 9.25. The number of anilines is 2. The first-order valence-corrected chi connectivity index (χ1v) is 10.2. The van der Waals surface area contributed by atoms with E-state index in [4.69, 9.17) is 4.74 Å². The van der Waals surface area contributed by atoms with E-state index in [2.05, 4.69) is 0 Å². The van der Waals surface area contributed by atoms with E-state index in [1.54, 1.807) is 4.90 Å². The zero-order valence-corrected chi connectivity index (χ0v) is 18.0. The van der Waals surface area contributed by atoms with Gasteiger partial charge >= 0.3 is 12.1 Å². The van der Waals surface area contributed by atoms with Crippen LogP contribution in [0.1, 0.15) is 19.4 Å². The lowest BCUT2D eigenvalue weighted by atomic mass is 9.95. The summed E-state index contributed by atoms with van der Waals surface area (Å²) in [6.45, 7) is 3.27. The van der Waals surface area contributed by atoms with Crippen LogP contribution in [-0.2, 0) is 11.0 Å². The Bertz CT molecular complexity index is 964. The molecular weight excluding hydrogens is 436 g/mol. The minimum atomic E-state index is -4.71. The molecule has 0 radical (unpaired) electrons. The SMILES string of the molecule is CN1CCN(c2ccc(F)cc2)c2cc(C(F)(F)F)c(OCC(C)(C)C(=O)O)cc2S1. The first-order valence-electron chi connectivity index (χ1n) is 9.42. The largest absolute Gasteiger partial charge is 0.492 e. The van der Waals surface area contributed by atoms with Crippen LogP contribution in [0.5, 0.6) is 5.75 Å². The van der Waals surface area contributed by atoms with E-state index in [0.29, 0.717) is 29.4 Å². The smallest absolute Gasteiger partial charge is 0.420 e. The number of alkyl halides is 3. The molecule has 1 heterocycles. The molecule has 0 saturated heterocycles. The number of nitrogens with zero attached hydrogens (tertiary/aromatic N) is 2. The van der Waals surface area contributed by atoms with Crippen molar-refractivity contribution in [3.63, 3.8) is 0 Å². The van der Waals surface area contributed by atoms with E-state index < -0.39 is 41.3 Å². The number of carboxylic acids is 1. The minimum Gasteiger partial charge on any atom is -0.492 e. The molecule has 0 aliphatic carbocycles. The lowest BCUT2D eigenvalue weighted by Crippen LogP contribution is -2.31. The molecule has 1 aliphatic heterocycles. The number of ether oxygens (including phenoxy) is 1. The van der Waals surface area contributed by atoms with Gasteiger partial charge in [-0.25, -0.2) is 8.70 Å². The molecule has 0 fully saturated rings. The highest BCUT2D eigenvalue weighted by Crippen LogP contribution is 2.46. The highest BCUT2D eigenvalue weighted by Gasteiger charge is 2.38. The standard InChI is InChI=1S/C21H22F4N2O3S/c1-20(2,19(28)29)12-30-17-11-18-16(10-15(17)21(23,24)25)27(9-8-26(3)31-18)14-6-4-13(22)5-7-14/h4-7,10-11H,8-9,12H2,1-3H3,(H,28,29). The molecule has 2 aromatic carbocycles. The van der Waals surface area contributed by atoms with Crippen molar-refractivity contribution in [1.29, 1.82) is 0 Å². The molecule has 10 heteroatoms. The van der Waals surface area contributed by atoms with Crippen molar-refractivity contribution in [3.05, 3.63) is 47.8 Å². The third kappa shape index (κ3) is 5.24. The fourth-order valence-corrected chi connectivity index (χ4v) is 3.89. The second-order valence-electron chi connectivity index (χ2n) is 7.86. The van der Waals surface area contributed by atoms with Gasteiger partial charge in [0, 0.05) is 18.8 Å². The molecule has 0 bridgehead atoms. The minimum absolute atomic E-state index is 0.318. The summed E-state index contributed by atoms with van der Waals surface area (Å²) in [5.41, 5.74) is -1.48. The normalized spacial score (nSPS) is 15.4. The van der Waals surface area contributed by atoms with Crippen molar-refractivity contribution in [1.82, 2.24) is 4.31 Å². The number of hydrogen-bond acceptors (Lipinski definition) is 5. The summed E-state index contributed by atoms with van der Waals surface area (Å²) in [7, 11) is 1.81. The third-order valence-electron chi connectivity index (χ3n) is 4.86. The Kier molecular flexibility index (Phi) is 6.43. The van der Waals surface area contributed by atoms with E-state index in [1.165, 1.54) is 56.1 Å². The van der Waals surface area contributed by atoms with Crippen molar-refractivity contribution in [2.45, 2.75) is 24.9 Å². The fraction of sp³-hybridized carbons (Fsp3) is 0.381. The van der Waals surface area contributed by atoms with Crippen LogP contribution in [-0.4, -0.2) is 42.1 Å². The Morgan fingerprint density at radius 3 is 2.39 bits per heavy atom. The van der Waals surface area contributed by atoms with E-state index in [-0.39, 0.29) is 0 Å². The van der Waals surface area contributed by atoms with Gasteiger partial charge in [-0.1, -0.05) is 0 Å². The van der Waals surface area contributed by atoms with Crippen molar-refractivity contribution >= 4 is 29.3 Å². The topological polar surface area (TPSA) is 53.0 Å². The first-order chi connectivity index (χ1) is 14.4. The van der Waals surface area contributed by atoms with E-state index in [1.807, 2.05) is 11.4 Å². The third-order valence-corrected chi connectivity index (χ3v) is 5.87. The zero-order valence-electron chi connectivity index (χ0n) is 17.2. The monoisotopic (exact) mass is 458 g/mol. The van der Waals surface area contributed by atoms with Gasteiger partial charge in [0.25, 0.3) is 0 Å². The molecule has 1 N–H and O–H groups in total. The Morgan fingerprint density at radius 1 is 1.16 bits per heavy atom. The van der Waals surface area contributed by atoms with Crippen LogP contribution in [0.3, 0.4) is 0 Å². The lowest BCUT2D eigenvalue weighted by molar-refractivity contribution is -0.148. The number of aliphatic carboxylic acids is 1. The van der Waals surface area contributed by atoms with Gasteiger partial charge in [0.1, 0.15) is 18.2 Å². The van der Waals surface area contributed by atoms with E-state index in [9.17, 15) is 27.5 Å².